The van der Waals surface area contributed by atoms with E-state index >= 15 is 0 Å². The van der Waals surface area contributed by atoms with E-state index in [2.05, 4.69) is 6.92 Å². The van der Waals surface area contributed by atoms with Crippen LogP contribution in [0.15, 0.2) is 0 Å². The number of hydrogen-bond donors (Lipinski definition) is 1. The molecule has 106 valence electrons. The summed E-state index contributed by atoms with van der Waals surface area (Å²) < 4.78 is 5.81. The molecule has 2 aliphatic carbocycles. The summed E-state index contributed by atoms with van der Waals surface area (Å²) in [7, 11) is 1.80. The van der Waals surface area contributed by atoms with Crippen LogP contribution in [0.2, 0.25) is 0 Å². The summed E-state index contributed by atoms with van der Waals surface area (Å²) in [6.07, 6.45) is 11.9. The molecular formula is C16H30O2. The molecule has 18 heavy (non-hydrogen) atoms. The largest absolute Gasteiger partial charge is 0.390 e. The van der Waals surface area contributed by atoms with E-state index in [-0.39, 0.29) is 11.7 Å². The lowest BCUT2D eigenvalue weighted by molar-refractivity contribution is -0.148. The highest BCUT2D eigenvalue weighted by Gasteiger charge is 2.43. The first-order chi connectivity index (χ1) is 8.72. The third-order valence-electron chi connectivity index (χ3n) is 5.49. The third-order valence-corrected chi connectivity index (χ3v) is 5.49. The van der Waals surface area contributed by atoms with Crippen molar-refractivity contribution >= 4 is 0 Å². The summed E-state index contributed by atoms with van der Waals surface area (Å²) in [6, 6.07) is 0. The van der Waals surface area contributed by atoms with Crippen LogP contribution in [-0.2, 0) is 4.74 Å². The molecule has 0 aromatic carbocycles. The highest BCUT2D eigenvalue weighted by Crippen LogP contribution is 2.42. The highest BCUT2D eigenvalue weighted by atomic mass is 16.5. The van der Waals surface area contributed by atoms with Crippen molar-refractivity contribution in [1.29, 1.82) is 0 Å². The van der Waals surface area contributed by atoms with Crippen molar-refractivity contribution in [2.24, 2.45) is 11.8 Å². The van der Waals surface area contributed by atoms with Gasteiger partial charge in [-0.2, -0.15) is 0 Å². The molecule has 0 aliphatic heterocycles. The highest BCUT2D eigenvalue weighted by molar-refractivity contribution is 4.95. The van der Waals surface area contributed by atoms with Crippen molar-refractivity contribution < 1.29 is 9.84 Å². The van der Waals surface area contributed by atoms with Gasteiger partial charge in [0.05, 0.1) is 11.7 Å². The first kappa shape index (κ1) is 14.3. The number of rotatable bonds is 4. The Morgan fingerprint density at radius 1 is 1.17 bits per heavy atom. The van der Waals surface area contributed by atoms with E-state index in [1.807, 2.05) is 0 Å². The molecule has 1 N–H and O–H groups in total. The zero-order valence-electron chi connectivity index (χ0n) is 12.2. The Kier molecular flexibility index (Phi) is 5.08. The van der Waals surface area contributed by atoms with Crippen molar-refractivity contribution in [3.63, 3.8) is 0 Å². The van der Waals surface area contributed by atoms with Gasteiger partial charge in [0.25, 0.3) is 0 Å². The quantitative estimate of drug-likeness (QED) is 0.824. The molecular weight excluding hydrogens is 224 g/mol. The van der Waals surface area contributed by atoms with Gasteiger partial charge in [-0.25, -0.2) is 0 Å². The fourth-order valence-corrected chi connectivity index (χ4v) is 4.19. The third kappa shape index (κ3) is 2.91. The summed E-state index contributed by atoms with van der Waals surface area (Å²) in [4.78, 5) is 0. The predicted molar refractivity (Wildman–Crippen MR) is 74.6 cm³/mol. The van der Waals surface area contributed by atoms with Gasteiger partial charge in [-0.05, 0) is 37.5 Å². The SMILES string of the molecule is CCC1CCCC(C(O)C2(OC)CCCCC2)C1. The molecule has 2 aliphatic rings. The average Bonchev–Trinajstić information content (AvgIpc) is 2.47. The van der Waals surface area contributed by atoms with Crippen LogP contribution in [0.25, 0.3) is 0 Å². The molecule has 3 atom stereocenters. The smallest absolute Gasteiger partial charge is 0.0939 e. The minimum absolute atomic E-state index is 0.224. The van der Waals surface area contributed by atoms with Crippen LogP contribution in [0.3, 0.4) is 0 Å². The summed E-state index contributed by atoms with van der Waals surface area (Å²) in [5.41, 5.74) is -0.224. The summed E-state index contributed by atoms with van der Waals surface area (Å²) in [6.45, 7) is 2.28. The Morgan fingerprint density at radius 3 is 2.50 bits per heavy atom. The number of hydrogen-bond acceptors (Lipinski definition) is 2. The Hall–Kier alpha value is -0.0800. The first-order valence-electron chi connectivity index (χ1n) is 7.95. The maximum absolute atomic E-state index is 10.8. The minimum Gasteiger partial charge on any atom is -0.390 e. The van der Waals surface area contributed by atoms with E-state index in [9.17, 15) is 5.11 Å². The second-order valence-electron chi connectivity index (χ2n) is 6.48. The lowest BCUT2D eigenvalue weighted by Gasteiger charge is -2.45. The Bertz CT molecular complexity index is 245. The van der Waals surface area contributed by atoms with Gasteiger partial charge in [-0.3, -0.25) is 0 Å². The Labute approximate surface area is 112 Å². The second-order valence-corrected chi connectivity index (χ2v) is 6.48. The molecule has 0 spiro atoms. The normalized spacial score (nSPS) is 34.2. The molecule has 0 saturated heterocycles. The Morgan fingerprint density at radius 2 is 1.89 bits per heavy atom. The monoisotopic (exact) mass is 254 g/mol. The van der Waals surface area contributed by atoms with Crippen LogP contribution in [-0.4, -0.2) is 23.9 Å². The predicted octanol–water partition coefficient (Wildman–Crippen LogP) is 3.91. The van der Waals surface area contributed by atoms with E-state index < -0.39 is 0 Å². The maximum atomic E-state index is 10.8. The lowest BCUT2D eigenvalue weighted by atomic mass is 9.70. The summed E-state index contributed by atoms with van der Waals surface area (Å²) in [5.74, 6) is 1.30. The molecule has 2 rings (SSSR count). The van der Waals surface area contributed by atoms with E-state index in [0.29, 0.717) is 5.92 Å². The molecule has 2 nitrogen and oxygen atoms in total. The zero-order valence-corrected chi connectivity index (χ0v) is 12.2. The standard InChI is InChI=1S/C16H30O2/c1-3-13-8-7-9-14(12-13)15(17)16(18-2)10-5-4-6-11-16/h13-15,17H,3-12H2,1-2H3. The molecule has 0 aromatic rings. The van der Waals surface area contributed by atoms with Crippen LogP contribution in [0.1, 0.15) is 71.1 Å². The molecule has 0 radical (unpaired) electrons. The number of ether oxygens (including phenoxy) is 1. The number of methoxy groups -OCH3 is 1. The molecule has 2 fully saturated rings. The van der Waals surface area contributed by atoms with Crippen LogP contribution in [0, 0.1) is 11.8 Å². The molecule has 2 heteroatoms. The van der Waals surface area contributed by atoms with Crippen LogP contribution < -0.4 is 0 Å². The first-order valence-corrected chi connectivity index (χ1v) is 7.95. The number of aliphatic hydroxyl groups excluding tert-OH is 1. The van der Waals surface area contributed by atoms with Crippen molar-refractivity contribution in [2.75, 3.05) is 7.11 Å². The molecule has 0 bridgehead atoms. The van der Waals surface area contributed by atoms with Gasteiger partial charge < -0.3 is 9.84 Å². The Balaban J connectivity index is 2.01. The van der Waals surface area contributed by atoms with Gasteiger partial charge in [0.15, 0.2) is 0 Å². The van der Waals surface area contributed by atoms with Crippen LogP contribution >= 0.6 is 0 Å². The van der Waals surface area contributed by atoms with Crippen LogP contribution in [0.5, 0.6) is 0 Å². The molecule has 0 heterocycles. The van der Waals surface area contributed by atoms with Crippen molar-refractivity contribution in [1.82, 2.24) is 0 Å². The van der Waals surface area contributed by atoms with E-state index in [1.165, 1.54) is 51.4 Å². The van der Waals surface area contributed by atoms with Gasteiger partial charge in [-0.1, -0.05) is 45.4 Å². The van der Waals surface area contributed by atoms with Gasteiger partial charge in [0, 0.05) is 7.11 Å². The topological polar surface area (TPSA) is 29.5 Å². The van der Waals surface area contributed by atoms with Gasteiger partial charge >= 0.3 is 0 Å². The summed E-state index contributed by atoms with van der Waals surface area (Å²) >= 11 is 0. The fourth-order valence-electron chi connectivity index (χ4n) is 4.19. The van der Waals surface area contributed by atoms with Gasteiger partial charge in [0.2, 0.25) is 0 Å². The molecule has 2 saturated carbocycles. The summed E-state index contributed by atoms with van der Waals surface area (Å²) in [5, 5.41) is 10.8. The molecule has 3 unspecified atom stereocenters. The molecule has 0 amide bonds. The fraction of sp³-hybridized carbons (Fsp3) is 1.00. The van der Waals surface area contributed by atoms with E-state index in [4.69, 9.17) is 4.74 Å². The second kappa shape index (κ2) is 6.38. The average molecular weight is 254 g/mol. The minimum atomic E-state index is -0.239. The lowest BCUT2D eigenvalue weighted by Crippen LogP contribution is -2.50. The molecule has 0 aromatic heterocycles. The zero-order chi connectivity index (χ0) is 13.0. The van der Waals surface area contributed by atoms with Gasteiger partial charge in [0.1, 0.15) is 0 Å². The van der Waals surface area contributed by atoms with E-state index in [1.54, 1.807) is 7.11 Å². The van der Waals surface area contributed by atoms with Crippen molar-refractivity contribution in [3.8, 4) is 0 Å². The number of aliphatic hydroxyl groups is 1. The maximum Gasteiger partial charge on any atom is 0.0939 e. The van der Waals surface area contributed by atoms with Crippen molar-refractivity contribution in [2.45, 2.75) is 82.8 Å². The van der Waals surface area contributed by atoms with Crippen molar-refractivity contribution in [3.05, 3.63) is 0 Å². The van der Waals surface area contributed by atoms with Gasteiger partial charge in [-0.15, -0.1) is 0 Å². The van der Waals surface area contributed by atoms with Crippen LogP contribution in [0.4, 0.5) is 0 Å². The van der Waals surface area contributed by atoms with E-state index in [0.717, 1.165) is 18.8 Å².